The third-order valence-electron chi connectivity index (χ3n) is 5.52. The molecule has 0 aliphatic carbocycles. The number of nitrogens with zero attached hydrogens (tertiary/aromatic N) is 2. The highest BCUT2D eigenvalue weighted by molar-refractivity contribution is 5.97. The predicted octanol–water partition coefficient (Wildman–Crippen LogP) is 4.57. The molecule has 0 bridgehead atoms. The number of rotatable bonds is 5. The molecule has 2 heterocycles. The molecule has 1 aromatic heterocycles. The minimum absolute atomic E-state index is 0.0213. The van der Waals surface area contributed by atoms with E-state index >= 15 is 0 Å². The van der Waals surface area contributed by atoms with E-state index in [9.17, 15) is 27.6 Å². The number of carbonyl (C=O) groups is 3. The highest BCUT2D eigenvalue weighted by Crippen LogP contribution is 2.32. The van der Waals surface area contributed by atoms with Crippen molar-refractivity contribution in [3.8, 4) is 11.1 Å². The highest BCUT2D eigenvalue weighted by Gasteiger charge is 2.36. The zero-order valence-electron chi connectivity index (χ0n) is 20.4. The SMILES string of the molecule is COC(=O)c1cnc(CNC(=O)C2CCCN2C(=O)OC(C)(C)C)cc1-c1ccc(C(F)(F)F)cc1. The molecule has 3 rings (SSSR count). The summed E-state index contributed by atoms with van der Waals surface area (Å²) in [5, 5.41) is 2.74. The van der Waals surface area contributed by atoms with Crippen molar-refractivity contribution in [1.82, 2.24) is 15.2 Å². The number of hydrogen-bond acceptors (Lipinski definition) is 6. The van der Waals surface area contributed by atoms with Gasteiger partial charge in [0.25, 0.3) is 0 Å². The third-order valence-corrected chi connectivity index (χ3v) is 5.52. The number of alkyl halides is 3. The first-order chi connectivity index (χ1) is 16.8. The topological polar surface area (TPSA) is 97.8 Å². The first kappa shape index (κ1) is 27.0. The van der Waals surface area contributed by atoms with Gasteiger partial charge in [0.2, 0.25) is 5.91 Å². The van der Waals surface area contributed by atoms with Gasteiger partial charge in [-0.05, 0) is 62.9 Å². The van der Waals surface area contributed by atoms with E-state index < -0.39 is 35.4 Å². The van der Waals surface area contributed by atoms with Crippen molar-refractivity contribution < 1.29 is 37.0 Å². The Hall–Kier alpha value is -3.63. The molecular formula is C25H28F3N3O5. The molecule has 1 N–H and O–H groups in total. The number of esters is 1. The number of halogens is 3. The largest absolute Gasteiger partial charge is 0.465 e. The number of hydrogen-bond donors (Lipinski definition) is 1. The summed E-state index contributed by atoms with van der Waals surface area (Å²) < 4.78 is 49.0. The van der Waals surface area contributed by atoms with Crippen molar-refractivity contribution in [2.45, 2.75) is 58.0 Å². The molecule has 2 amide bonds. The zero-order chi connectivity index (χ0) is 26.7. The van der Waals surface area contributed by atoms with Crippen molar-refractivity contribution in [2.24, 2.45) is 0 Å². The monoisotopic (exact) mass is 507 g/mol. The second kappa shape index (κ2) is 10.5. The Bertz CT molecular complexity index is 1130. The molecule has 194 valence electrons. The van der Waals surface area contributed by atoms with E-state index in [-0.39, 0.29) is 18.0 Å². The van der Waals surface area contributed by atoms with Gasteiger partial charge < -0.3 is 14.8 Å². The van der Waals surface area contributed by atoms with Gasteiger partial charge in [0, 0.05) is 12.7 Å². The maximum atomic E-state index is 13.0. The first-order valence-electron chi connectivity index (χ1n) is 11.3. The average Bonchev–Trinajstić information content (AvgIpc) is 3.31. The fourth-order valence-corrected chi connectivity index (χ4v) is 3.82. The van der Waals surface area contributed by atoms with E-state index in [1.54, 1.807) is 20.8 Å². The number of nitrogens with one attached hydrogen (secondary N) is 1. The first-order valence-corrected chi connectivity index (χ1v) is 11.3. The molecule has 1 fully saturated rings. The molecule has 0 radical (unpaired) electrons. The van der Waals surface area contributed by atoms with Crippen LogP contribution in [0.4, 0.5) is 18.0 Å². The minimum atomic E-state index is -4.50. The lowest BCUT2D eigenvalue weighted by atomic mass is 9.99. The maximum absolute atomic E-state index is 13.0. The van der Waals surface area contributed by atoms with Gasteiger partial charge in [-0.2, -0.15) is 13.2 Å². The number of ether oxygens (including phenoxy) is 2. The van der Waals surface area contributed by atoms with Crippen LogP contribution < -0.4 is 5.32 Å². The summed E-state index contributed by atoms with van der Waals surface area (Å²) in [7, 11) is 1.19. The molecule has 1 aliphatic rings. The number of amides is 2. The van der Waals surface area contributed by atoms with Crippen molar-refractivity contribution in [1.29, 1.82) is 0 Å². The van der Waals surface area contributed by atoms with E-state index in [2.05, 4.69) is 10.3 Å². The summed E-state index contributed by atoms with van der Waals surface area (Å²) in [5.74, 6) is -1.08. The Morgan fingerprint density at radius 1 is 1.14 bits per heavy atom. The molecule has 1 unspecified atom stereocenters. The number of carbonyl (C=O) groups excluding carboxylic acids is 3. The summed E-state index contributed by atoms with van der Waals surface area (Å²) in [5.41, 5.74) is -0.414. The summed E-state index contributed by atoms with van der Waals surface area (Å²) in [6, 6.07) is 5.17. The fraction of sp³-hybridized carbons (Fsp3) is 0.440. The van der Waals surface area contributed by atoms with Crippen LogP contribution in [0, 0.1) is 0 Å². The summed E-state index contributed by atoms with van der Waals surface area (Å²) in [4.78, 5) is 43.1. The lowest BCUT2D eigenvalue weighted by molar-refractivity contribution is -0.137. The van der Waals surface area contributed by atoms with Crippen molar-refractivity contribution in [2.75, 3.05) is 13.7 Å². The second-order valence-corrected chi connectivity index (χ2v) is 9.34. The zero-order valence-corrected chi connectivity index (χ0v) is 20.4. The molecule has 2 aromatic rings. The number of likely N-dealkylation sites (tertiary alicyclic amines) is 1. The molecule has 1 aromatic carbocycles. The van der Waals surface area contributed by atoms with E-state index in [4.69, 9.17) is 9.47 Å². The third kappa shape index (κ3) is 6.52. The number of benzene rings is 1. The van der Waals surface area contributed by atoms with E-state index in [1.165, 1.54) is 36.4 Å². The Labute approximate surface area is 206 Å². The quantitative estimate of drug-likeness (QED) is 0.596. The van der Waals surface area contributed by atoms with Crippen LogP contribution in [0.2, 0.25) is 0 Å². The van der Waals surface area contributed by atoms with Gasteiger partial charge >= 0.3 is 18.2 Å². The van der Waals surface area contributed by atoms with E-state index in [0.29, 0.717) is 36.2 Å². The average molecular weight is 508 g/mol. The normalized spacial score (nSPS) is 16.0. The van der Waals surface area contributed by atoms with Crippen LogP contribution >= 0.6 is 0 Å². The van der Waals surface area contributed by atoms with Crippen LogP contribution in [0.25, 0.3) is 11.1 Å². The standard InChI is InChI=1S/C25H28F3N3O5/c1-24(2,3)36-23(34)31-11-5-6-20(31)21(32)30-13-17-12-18(19(14-29-17)22(33)35-4)15-7-9-16(10-8-15)25(26,27)28/h7-10,12,14,20H,5-6,11,13H2,1-4H3,(H,30,32). The van der Waals surface area contributed by atoms with Gasteiger partial charge in [0.1, 0.15) is 11.6 Å². The van der Waals surface area contributed by atoms with Crippen LogP contribution in [-0.2, 0) is 27.0 Å². The molecule has 36 heavy (non-hydrogen) atoms. The van der Waals surface area contributed by atoms with Crippen LogP contribution in [0.1, 0.15) is 55.2 Å². The Balaban J connectivity index is 1.78. The Kier molecular flexibility index (Phi) is 7.90. The van der Waals surface area contributed by atoms with E-state index in [0.717, 1.165) is 12.1 Å². The summed E-state index contributed by atoms with van der Waals surface area (Å²) >= 11 is 0. The smallest absolute Gasteiger partial charge is 0.416 e. The van der Waals surface area contributed by atoms with Gasteiger partial charge in [-0.1, -0.05) is 12.1 Å². The van der Waals surface area contributed by atoms with Crippen molar-refractivity contribution >= 4 is 18.0 Å². The Morgan fingerprint density at radius 3 is 2.39 bits per heavy atom. The molecule has 0 saturated carbocycles. The van der Waals surface area contributed by atoms with Gasteiger partial charge in [0.05, 0.1) is 30.5 Å². The molecule has 0 spiro atoms. The minimum Gasteiger partial charge on any atom is -0.465 e. The molecule has 8 nitrogen and oxygen atoms in total. The van der Waals surface area contributed by atoms with Crippen LogP contribution in [0.3, 0.4) is 0 Å². The molecule has 1 atom stereocenters. The van der Waals surface area contributed by atoms with Crippen LogP contribution in [-0.4, -0.2) is 53.2 Å². The number of pyridine rings is 1. The van der Waals surface area contributed by atoms with Crippen LogP contribution in [0.15, 0.2) is 36.5 Å². The predicted molar refractivity (Wildman–Crippen MR) is 124 cm³/mol. The molecular weight excluding hydrogens is 479 g/mol. The van der Waals surface area contributed by atoms with Crippen molar-refractivity contribution in [3.05, 3.63) is 53.3 Å². The lowest BCUT2D eigenvalue weighted by Gasteiger charge is -2.28. The Morgan fingerprint density at radius 2 is 1.81 bits per heavy atom. The fourth-order valence-electron chi connectivity index (χ4n) is 3.82. The van der Waals surface area contributed by atoms with Gasteiger partial charge in [-0.25, -0.2) is 9.59 Å². The lowest BCUT2D eigenvalue weighted by Crippen LogP contribution is -2.47. The van der Waals surface area contributed by atoms with Gasteiger partial charge in [-0.3, -0.25) is 14.7 Å². The van der Waals surface area contributed by atoms with Crippen LogP contribution in [0.5, 0.6) is 0 Å². The molecule has 1 saturated heterocycles. The van der Waals surface area contributed by atoms with Crippen molar-refractivity contribution in [3.63, 3.8) is 0 Å². The maximum Gasteiger partial charge on any atom is 0.416 e. The van der Waals surface area contributed by atoms with Gasteiger partial charge in [0.15, 0.2) is 0 Å². The van der Waals surface area contributed by atoms with Gasteiger partial charge in [-0.15, -0.1) is 0 Å². The number of methoxy groups -OCH3 is 1. The highest BCUT2D eigenvalue weighted by atomic mass is 19.4. The number of aromatic nitrogens is 1. The summed E-state index contributed by atoms with van der Waals surface area (Å²) in [6.07, 6.45) is -2.67. The summed E-state index contributed by atoms with van der Waals surface area (Å²) in [6.45, 7) is 5.61. The van der Waals surface area contributed by atoms with E-state index in [1.807, 2.05) is 0 Å². The second-order valence-electron chi connectivity index (χ2n) is 9.34. The molecule has 1 aliphatic heterocycles. The molecule has 11 heteroatoms.